The fraction of sp³-hybridized carbons (Fsp3) is 1.00. The maximum Gasteiger partial charge on any atom is 0.00701 e. The zero-order valence-electron chi connectivity index (χ0n) is 7.43. The maximum atomic E-state index is 2.60. The van der Waals surface area contributed by atoms with Gasteiger partial charge < -0.3 is 4.90 Å². The van der Waals surface area contributed by atoms with Crippen molar-refractivity contribution in [1.29, 1.82) is 0 Å². The van der Waals surface area contributed by atoms with Crippen LogP contribution >= 0.6 is 0 Å². The molecule has 0 amide bonds. The summed E-state index contributed by atoms with van der Waals surface area (Å²) in [4.78, 5) is 2.60. The van der Waals surface area contributed by atoms with Crippen LogP contribution in [0.15, 0.2) is 0 Å². The van der Waals surface area contributed by atoms with Gasteiger partial charge in [-0.15, -0.1) is 0 Å². The molecule has 0 radical (unpaired) electrons. The molecule has 0 aromatic rings. The molecule has 1 heteroatoms. The first-order valence-electron chi connectivity index (χ1n) is 4.60. The standard InChI is InChI=1S/C7H13N.C2H6/c1-6-4-7-2-3-8(6)5-7;1-2/h6-7H,2-5H2,1H3;1-2H3. The average molecular weight is 141 g/mol. The van der Waals surface area contributed by atoms with Crippen molar-refractivity contribution in [1.82, 2.24) is 4.90 Å². The lowest BCUT2D eigenvalue weighted by Crippen LogP contribution is -2.25. The Bertz CT molecular complexity index is 98.9. The molecule has 2 saturated heterocycles. The monoisotopic (exact) mass is 141 g/mol. The van der Waals surface area contributed by atoms with E-state index in [-0.39, 0.29) is 0 Å². The normalized spacial score (nSPS) is 42.9. The third-order valence-electron chi connectivity index (χ3n) is 2.62. The van der Waals surface area contributed by atoms with E-state index in [1.165, 1.54) is 25.9 Å². The summed E-state index contributed by atoms with van der Waals surface area (Å²) in [6, 6.07) is 0.911. The molecule has 2 bridgehead atoms. The number of nitrogens with zero attached hydrogens (tertiary/aromatic N) is 1. The molecule has 0 saturated carbocycles. The lowest BCUT2D eigenvalue weighted by atomic mass is 10.0. The van der Waals surface area contributed by atoms with Crippen molar-refractivity contribution in [3.8, 4) is 0 Å². The van der Waals surface area contributed by atoms with Crippen molar-refractivity contribution in [2.75, 3.05) is 13.1 Å². The lowest BCUT2D eigenvalue weighted by molar-refractivity contribution is 0.280. The molecular weight excluding hydrogens is 122 g/mol. The predicted octanol–water partition coefficient (Wildman–Crippen LogP) is 2.13. The molecular formula is C9H19N. The van der Waals surface area contributed by atoms with Gasteiger partial charge in [0.25, 0.3) is 0 Å². The van der Waals surface area contributed by atoms with Crippen LogP contribution in [0.2, 0.25) is 0 Å². The summed E-state index contributed by atoms with van der Waals surface area (Å²) in [5.41, 5.74) is 0. The van der Waals surface area contributed by atoms with E-state index in [0.29, 0.717) is 0 Å². The summed E-state index contributed by atoms with van der Waals surface area (Å²) in [6.45, 7) is 9.13. The topological polar surface area (TPSA) is 3.24 Å². The molecule has 3 atom stereocenters. The van der Waals surface area contributed by atoms with E-state index in [1.807, 2.05) is 13.8 Å². The van der Waals surface area contributed by atoms with E-state index < -0.39 is 0 Å². The first-order chi connectivity index (χ1) is 4.86. The summed E-state index contributed by atoms with van der Waals surface area (Å²) < 4.78 is 0. The van der Waals surface area contributed by atoms with Gasteiger partial charge in [0.05, 0.1) is 0 Å². The van der Waals surface area contributed by atoms with Gasteiger partial charge in [-0.1, -0.05) is 13.8 Å². The second-order valence-corrected chi connectivity index (χ2v) is 3.23. The van der Waals surface area contributed by atoms with E-state index >= 15 is 0 Å². The number of fused-ring (bicyclic) bond motifs is 2. The Hall–Kier alpha value is -0.0400. The number of hydrogen-bond acceptors (Lipinski definition) is 1. The number of rotatable bonds is 0. The van der Waals surface area contributed by atoms with E-state index in [1.54, 1.807) is 0 Å². The van der Waals surface area contributed by atoms with Crippen molar-refractivity contribution in [3.05, 3.63) is 0 Å². The van der Waals surface area contributed by atoms with E-state index in [9.17, 15) is 0 Å². The van der Waals surface area contributed by atoms with Crippen molar-refractivity contribution in [3.63, 3.8) is 0 Å². The van der Waals surface area contributed by atoms with Gasteiger partial charge in [-0.05, 0) is 32.2 Å². The molecule has 0 spiro atoms. The Morgan fingerprint density at radius 2 is 2.00 bits per heavy atom. The van der Waals surface area contributed by atoms with E-state index in [2.05, 4.69) is 11.8 Å². The van der Waals surface area contributed by atoms with Gasteiger partial charge in [0, 0.05) is 12.6 Å². The molecule has 60 valence electrons. The number of piperidine rings is 1. The van der Waals surface area contributed by atoms with E-state index in [0.717, 1.165) is 12.0 Å². The molecule has 2 rings (SSSR count). The summed E-state index contributed by atoms with van der Waals surface area (Å²) in [5.74, 6) is 1.07. The van der Waals surface area contributed by atoms with Gasteiger partial charge >= 0.3 is 0 Å². The summed E-state index contributed by atoms with van der Waals surface area (Å²) >= 11 is 0. The highest BCUT2D eigenvalue weighted by atomic mass is 15.2. The van der Waals surface area contributed by atoms with Gasteiger partial charge in [-0.2, -0.15) is 0 Å². The second kappa shape index (κ2) is 3.38. The molecule has 2 fully saturated rings. The first-order valence-corrected chi connectivity index (χ1v) is 4.60. The first kappa shape index (κ1) is 8.06. The minimum atomic E-state index is 0.911. The van der Waals surface area contributed by atoms with Crippen LogP contribution in [0.5, 0.6) is 0 Å². The van der Waals surface area contributed by atoms with Crippen LogP contribution in [0.25, 0.3) is 0 Å². The van der Waals surface area contributed by atoms with Crippen LogP contribution in [-0.2, 0) is 0 Å². The Labute approximate surface area is 64.4 Å². The smallest absolute Gasteiger partial charge is 0.00701 e. The Kier molecular flexibility index (Phi) is 2.72. The molecule has 3 unspecified atom stereocenters. The SMILES string of the molecule is CC.CC1CC2CCN1C2. The average Bonchev–Trinajstić information content (AvgIpc) is 2.52. The van der Waals surface area contributed by atoms with Gasteiger partial charge in [0.2, 0.25) is 0 Å². The Morgan fingerprint density at radius 3 is 2.20 bits per heavy atom. The minimum Gasteiger partial charge on any atom is -0.300 e. The maximum absolute atomic E-state index is 2.60. The highest BCUT2D eigenvalue weighted by molar-refractivity contribution is 4.88. The highest BCUT2D eigenvalue weighted by Gasteiger charge is 2.34. The van der Waals surface area contributed by atoms with Gasteiger partial charge in [-0.25, -0.2) is 0 Å². The van der Waals surface area contributed by atoms with Crippen molar-refractivity contribution < 1.29 is 0 Å². The highest BCUT2D eigenvalue weighted by Crippen LogP contribution is 2.31. The molecule has 1 nitrogen and oxygen atoms in total. The molecule has 0 aliphatic carbocycles. The molecule has 0 aromatic carbocycles. The third-order valence-corrected chi connectivity index (χ3v) is 2.62. The Morgan fingerprint density at radius 1 is 1.30 bits per heavy atom. The number of hydrogen-bond donors (Lipinski definition) is 0. The van der Waals surface area contributed by atoms with Crippen LogP contribution in [0, 0.1) is 5.92 Å². The molecule has 2 aliphatic rings. The zero-order chi connectivity index (χ0) is 7.56. The molecule has 2 aliphatic heterocycles. The quantitative estimate of drug-likeness (QED) is 0.499. The van der Waals surface area contributed by atoms with Gasteiger partial charge in [-0.3, -0.25) is 0 Å². The lowest BCUT2D eigenvalue weighted by Gasteiger charge is -2.19. The third kappa shape index (κ3) is 1.34. The predicted molar refractivity (Wildman–Crippen MR) is 45.1 cm³/mol. The van der Waals surface area contributed by atoms with Crippen LogP contribution < -0.4 is 0 Å². The van der Waals surface area contributed by atoms with Crippen LogP contribution in [0.3, 0.4) is 0 Å². The van der Waals surface area contributed by atoms with Crippen LogP contribution in [-0.4, -0.2) is 24.0 Å². The van der Waals surface area contributed by atoms with Crippen molar-refractivity contribution in [2.45, 2.75) is 39.7 Å². The van der Waals surface area contributed by atoms with Gasteiger partial charge in [0.1, 0.15) is 0 Å². The molecule has 0 aromatic heterocycles. The van der Waals surface area contributed by atoms with Crippen LogP contribution in [0.1, 0.15) is 33.6 Å². The second-order valence-electron chi connectivity index (χ2n) is 3.23. The van der Waals surface area contributed by atoms with Gasteiger partial charge in [0.15, 0.2) is 0 Å². The minimum absolute atomic E-state index is 0.911. The fourth-order valence-electron chi connectivity index (χ4n) is 2.09. The molecule has 2 heterocycles. The molecule has 0 N–H and O–H groups in total. The molecule has 10 heavy (non-hydrogen) atoms. The zero-order valence-corrected chi connectivity index (χ0v) is 7.43. The van der Waals surface area contributed by atoms with E-state index in [4.69, 9.17) is 0 Å². The van der Waals surface area contributed by atoms with Crippen LogP contribution in [0.4, 0.5) is 0 Å². The van der Waals surface area contributed by atoms with Crippen molar-refractivity contribution in [2.24, 2.45) is 5.92 Å². The summed E-state index contributed by atoms with van der Waals surface area (Å²) in [6.07, 6.45) is 2.95. The summed E-state index contributed by atoms with van der Waals surface area (Å²) in [5, 5.41) is 0. The Balaban J connectivity index is 0.000000231. The largest absolute Gasteiger partial charge is 0.300 e. The summed E-state index contributed by atoms with van der Waals surface area (Å²) in [7, 11) is 0. The van der Waals surface area contributed by atoms with Crippen molar-refractivity contribution >= 4 is 0 Å². The fourth-order valence-corrected chi connectivity index (χ4v) is 2.09.